The second-order valence-corrected chi connectivity index (χ2v) is 3.58. The van der Waals surface area contributed by atoms with Gasteiger partial charge in [-0.2, -0.15) is 5.10 Å². The predicted molar refractivity (Wildman–Crippen MR) is 73.2 cm³/mol. The van der Waals surface area contributed by atoms with Gasteiger partial charge in [0, 0.05) is 14.1 Å². The van der Waals surface area contributed by atoms with Crippen molar-refractivity contribution >= 4 is 47.9 Å². The van der Waals surface area contributed by atoms with E-state index in [9.17, 15) is 4.79 Å². The Bertz CT molecular complexity index is 463. The lowest BCUT2D eigenvalue weighted by molar-refractivity contribution is 0.0974. The Morgan fingerprint density at radius 3 is 2.61 bits per heavy atom. The summed E-state index contributed by atoms with van der Waals surface area (Å²) < 4.78 is 0. The fourth-order valence-electron chi connectivity index (χ4n) is 1.03. The van der Waals surface area contributed by atoms with Crippen LogP contribution in [0.4, 0.5) is 11.6 Å². The highest BCUT2D eigenvalue weighted by atomic mass is 35.5. The van der Waals surface area contributed by atoms with E-state index in [-0.39, 0.29) is 29.1 Å². The molecule has 18 heavy (non-hydrogen) atoms. The van der Waals surface area contributed by atoms with Crippen LogP contribution in [0.15, 0.2) is 5.10 Å². The number of hydrogen-bond acceptors (Lipinski definition) is 7. The van der Waals surface area contributed by atoms with Crippen molar-refractivity contribution in [3.8, 4) is 0 Å². The number of hydrogen-bond donors (Lipinski definition) is 3. The monoisotopic (exact) mass is 293 g/mol. The van der Waals surface area contributed by atoms with E-state index in [1.54, 1.807) is 19.0 Å². The number of aromatic nitrogens is 2. The molecule has 0 saturated carbocycles. The summed E-state index contributed by atoms with van der Waals surface area (Å²) in [5.41, 5.74) is 5.52. The minimum Gasteiger partial charge on any atom is -0.382 e. The zero-order valence-corrected chi connectivity index (χ0v) is 11.3. The molecule has 0 aliphatic carbocycles. The van der Waals surface area contributed by atoms with Gasteiger partial charge in [0.15, 0.2) is 22.5 Å². The van der Waals surface area contributed by atoms with E-state index < -0.39 is 5.91 Å². The Morgan fingerprint density at radius 1 is 1.50 bits per heavy atom. The van der Waals surface area contributed by atoms with Crippen LogP contribution in [0, 0.1) is 0 Å². The Labute approximate surface area is 115 Å². The number of halogens is 2. The van der Waals surface area contributed by atoms with E-state index in [1.807, 2.05) is 0 Å². The van der Waals surface area contributed by atoms with Crippen LogP contribution in [-0.2, 0) is 0 Å². The number of nitrogen functional groups attached to an aromatic ring is 1. The average Bonchev–Trinajstić information content (AvgIpc) is 2.28. The van der Waals surface area contributed by atoms with Gasteiger partial charge >= 0.3 is 0 Å². The summed E-state index contributed by atoms with van der Waals surface area (Å²) in [5, 5.41) is 5.45. The van der Waals surface area contributed by atoms with Gasteiger partial charge in [0.1, 0.15) is 6.34 Å². The molecule has 1 rings (SSSR count). The van der Waals surface area contributed by atoms with E-state index in [1.165, 1.54) is 0 Å². The molecule has 0 aliphatic rings. The minimum atomic E-state index is -0.587. The lowest BCUT2D eigenvalue weighted by Gasteiger charge is -2.14. The molecule has 0 bridgehead atoms. The smallest absolute Gasteiger partial charge is 0.278 e. The molecule has 1 amide bonds. The van der Waals surface area contributed by atoms with Crippen LogP contribution in [0.5, 0.6) is 0 Å². The van der Waals surface area contributed by atoms with Crippen molar-refractivity contribution in [2.24, 2.45) is 10.9 Å². The number of nitrogens with one attached hydrogen (secondary N) is 1. The molecule has 0 saturated heterocycles. The third-order valence-electron chi connectivity index (χ3n) is 1.77. The third kappa shape index (κ3) is 3.60. The van der Waals surface area contributed by atoms with Gasteiger partial charge in [0.2, 0.25) is 0 Å². The molecule has 8 nitrogen and oxygen atoms in total. The first-order valence-corrected chi connectivity index (χ1v) is 4.88. The Hall–Kier alpha value is -1.80. The fraction of sp³-hybridized carbons (Fsp3) is 0.250. The largest absolute Gasteiger partial charge is 0.382 e. The Morgan fingerprint density at radius 2 is 2.11 bits per heavy atom. The van der Waals surface area contributed by atoms with Gasteiger partial charge in [-0.25, -0.2) is 9.97 Å². The van der Waals surface area contributed by atoms with Gasteiger partial charge in [-0.05, 0) is 0 Å². The standard InChI is InChI=1S/C8H12ClN7O.ClH/c1-16(2)7-5(9)14-4(6(10)15-7)8(17)12-3-13-11;/h3H,11H2,1-2H3,(H2,10,15)(H,12,13,17);1H. The number of carbonyl (C=O) groups is 1. The first-order valence-electron chi connectivity index (χ1n) is 4.50. The summed E-state index contributed by atoms with van der Waals surface area (Å²) in [6.45, 7) is 0. The summed E-state index contributed by atoms with van der Waals surface area (Å²) >= 11 is 5.87. The number of hydrazone groups is 1. The summed E-state index contributed by atoms with van der Waals surface area (Å²) in [6.07, 6.45) is 1.01. The lowest BCUT2D eigenvalue weighted by Crippen LogP contribution is -2.26. The van der Waals surface area contributed by atoms with Crippen LogP contribution < -0.4 is 21.8 Å². The van der Waals surface area contributed by atoms with Crippen molar-refractivity contribution in [1.29, 1.82) is 0 Å². The quantitative estimate of drug-likeness (QED) is 0.308. The molecule has 100 valence electrons. The number of nitrogens with zero attached hydrogens (tertiary/aromatic N) is 4. The normalized spacial score (nSPS) is 9.94. The number of anilines is 2. The Balaban J connectivity index is 0.00000289. The maximum atomic E-state index is 11.5. The lowest BCUT2D eigenvalue weighted by atomic mass is 10.4. The summed E-state index contributed by atoms with van der Waals surface area (Å²) in [4.78, 5) is 21.0. The molecule has 0 aliphatic heterocycles. The van der Waals surface area contributed by atoms with Crippen molar-refractivity contribution in [1.82, 2.24) is 15.3 Å². The van der Waals surface area contributed by atoms with Crippen LogP contribution >= 0.6 is 24.0 Å². The summed E-state index contributed by atoms with van der Waals surface area (Å²) in [5.74, 6) is 4.61. The molecule has 0 unspecified atom stereocenters. The highest BCUT2D eigenvalue weighted by Crippen LogP contribution is 2.22. The molecule has 0 spiro atoms. The van der Waals surface area contributed by atoms with Gasteiger partial charge in [-0.1, -0.05) is 11.6 Å². The second-order valence-electron chi connectivity index (χ2n) is 3.22. The van der Waals surface area contributed by atoms with Gasteiger partial charge in [0.05, 0.1) is 0 Å². The number of carbonyl (C=O) groups excluding carboxylic acids is 1. The predicted octanol–water partition coefficient (Wildman–Crippen LogP) is -0.168. The molecule has 0 fully saturated rings. The number of rotatable bonds is 3. The Kier molecular flexibility index (Phi) is 6.14. The molecular weight excluding hydrogens is 281 g/mol. The van der Waals surface area contributed by atoms with Crippen molar-refractivity contribution in [2.45, 2.75) is 0 Å². The van der Waals surface area contributed by atoms with Crippen LogP contribution in [0.1, 0.15) is 10.5 Å². The molecule has 0 atom stereocenters. The first-order chi connectivity index (χ1) is 7.97. The zero-order chi connectivity index (χ0) is 13.0. The van der Waals surface area contributed by atoms with Crippen molar-refractivity contribution < 1.29 is 4.79 Å². The maximum absolute atomic E-state index is 11.5. The summed E-state index contributed by atoms with van der Waals surface area (Å²) in [7, 11) is 3.46. The van der Waals surface area contributed by atoms with E-state index in [0.29, 0.717) is 5.82 Å². The van der Waals surface area contributed by atoms with E-state index in [4.69, 9.17) is 23.2 Å². The molecule has 1 heterocycles. The first kappa shape index (κ1) is 16.2. The van der Waals surface area contributed by atoms with Gasteiger partial charge in [-0.3, -0.25) is 4.79 Å². The molecule has 5 N–H and O–H groups in total. The van der Waals surface area contributed by atoms with Crippen molar-refractivity contribution in [3.63, 3.8) is 0 Å². The van der Waals surface area contributed by atoms with E-state index in [0.717, 1.165) is 6.34 Å². The highest BCUT2D eigenvalue weighted by Gasteiger charge is 2.17. The average molecular weight is 294 g/mol. The zero-order valence-electron chi connectivity index (χ0n) is 9.72. The van der Waals surface area contributed by atoms with Gasteiger partial charge in [-0.15, -0.1) is 12.4 Å². The third-order valence-corrected chi connectivity index (χ3v) is 2.03. The highest BCUT2D eigenvalue weighted by molar-refractivity contribution is 6.32. The molecule has 0 aromatic carbocycles. The number of amides is 1. The summed E-state index contributed by atoms with van der Waals surface area (Å²) in [6, 6.07) is 0. The van der Waals surface area contributed by atoms with Gasteiger partial charge in [0.25, 0.3) is 5.91 Å². The molecule has 1 aromatic rings. The fourth-order valence-corrected chi connectivity index (χ4v) is 1.33. The van der Waals surface area contributed by atoms with Crippen LogP contribution in [0.25, 0.3) is 0 Å². The van der Waals surface area contributed by atoms with Gasteiger partial charge < -0.3 is 21.8 Å². The second kappa shape index (κ2) is 6.82. The maximum Gasteiger partial charge on any atom is 0.278 e. The van der Waals surface area contributed by atoms with E-state index >= 15 is 0 Å². The molecule has 1 aromatic heterocycles. The van der Waals surface area contributed by atoms with Crippen LogP contribution in [0.3, 0.4) is 0 Å². The van der Waals surface area contributed by atoms with Crippen LogP contribution in [-0.4, -0.2) is 36.3 Å². The topological polar surface area (TPSA) is 123 Å². The molecular formula is C8H13Cl2N7O. The SMILES string of the molecule is CN(C)c1nc(N)c(C(=O)NC=NN)nc1Cl.Cl. The minimum absolute atomic E-state index is 0. The van der Waals surface area contributed by atoms with Crippen molar-refractivity contribution in [2.75, 3.05) is 24.7 Å². The number of nitrogens with two attached hydrogens (primary N) is 2. The molecule has 0 radical (unpaired) electrons. The van der Waals surface area contributed by atoms with Crippen LogP contribution in [0.2, 0.25) is 5.15 Å². The molecule has 10 heteroatoms. The van der Waals surface area contributed by atoms with E-state index in [2.05, 4.69) is 20.4 Å². The van der Waals surface area contributed by atoms with Crippen molar-refractivity contribution in [3.05, 3.63) is 10.8 Å².